The highest BCUT2D eigenvalue weighted by Gasteiger charge is 2.16. The number of imidazole rings is 1. The van der Waals surface area contributed by atoms with E-state index in [9.17, 15) is 10.1 Å². The molecule has 0 aliphatic carbocycles. The molecule has 1 aromatic heterocycles. The first kappa shape index (κ1) is 13.1. The molecule has 8 heteroatoms. The minimum atomic E-state index is -0.522. The Morgan fingerprint density at radius 2 is 1.95 bits per heavy atom. The maximum Gasteiger partial charge on any atom is 0.303 e. The molecule has 0 amide bonds. The van der Waals surface area contributed by atoms with Gasteiger partial charge in [-0.15, -0.1) is 0 Å². The number of nitriles is 2. The molecule has 0 spiro atoms. The van der Waals surface area contributed by atoms with Crippen molar-refractivity contribution in [2.45, 2.75) is 0 Å². The molecule has 1 heterocycles. The average Bonchev–Trinajstić information content (AvgIpc) is 2.75. The van der Waals surface area contributed by atoms with Gasteiger partial charge in [0.05, 0.1) is 4.92 Å². The Balaban J connectivity index is 2.31. The molecule has 20 heavy (non-hydrogen) atoms. The van der Waals surface area contributed by atoms with Gasteiger partial charge in [0.2, 0.25) is 0 Å². The highest BCUT2D eigenvalue weighted by molar-refractivity contribution is 5.41. The second-order valence-electron chi connectivity index (χ2n) is 3.73. The highest BCUT2D eigenvalue weighted by atomic mass is 16.6. The van der Waals surface area contributed by atoms with Gasteiger partial charge < -0.3 is 4.74 Å². The molecular formula is C12H7N5O3. The average molecular weight is 269 g/mol. The van der Waals surface area contributed by atoms with E-state index >= 15 is 0 Å². The van der Waals surface area contributed by atoms with Crippen LogP contribution in [0.3, 0.4) is 0 Å². The fraction of sp³-hybridized carbons (Fsp3) is 0.0833. The van der Waals surface area contributed by atoms with E-state index in [1.807, 2.05) is 6.07 Å². The second-order valence-corrected chi connectivity index (χ2v) is 3.73. The van der Waals surface area contributed by atoms with Crippen molar-refractivity contribution in [2.75, 3.05) is 0 Å². The highest BCUT2D eigenvalue weighted by Crippen LogP contribution is 2.24. The van der Waals surface area contributed by atoms with Gasteiger partial charge in [0.25, 0.3) is 5.69 Å². The minimum absolute atomic E-state index is 0.0353. The summed E-state index contributed by atoms with van der Waals surface area (Å²) in [4.78, 5) is 13.9. The van der Waals surface area contributed by atoms with E-state index in [0.29, 0.717) is 5.75 Å². The molecule has 0 saturated heterocycles. The van der Waals surface area contributed by atoms with Crippen molar-refractivity contribution in [3.63, 3.8) is 0 Å². The van der Waals surface area contributed by atoms with Gasteiger partial charge in [0.1, 0.15) is 17.9 Å². The zero-order valence-electron chi connectivity index (χ0n) is 10.3. The first-order chi connectivity index (χ1) is 9.56. The Kier molecular flexibility index (Phi) is 3.32. The Hall–Kier alpha value is -3.39. The number of nitrogens with zero attached hydrogens (tertiary/aromatic N) is 5. The fourth-order valence-corrected chi connectivity index (χ4v) is 1.52. The number of nitro benzene ring substituents is 1. The quantitative estimate of drug-likeness (QED) is 0.619. The molecule has 0 atom stereocenters. The van der Waals surface area contributed by atoms with Crippen LogP contribution >= 0.6 is 0 Å². The van der Waals surface area contributed by atoms with Crippen LogP contribution in [0.1, 0.15) is 11.4 Å². The molecule has 0 unspecified atom stereocenters. The predicted octanol–water partition coefficient (Wildman–Crippen LogP) is 1.86. The van der Waals surface area contributed by atoms with Crippen LogP contribution in [-0.2, 0) is 7.05 Å². The van der Waals surface area contributed by atoms with E-state index in [2.05, 4.69) is 4.98 Å². The summed E-state index contributed by atoms with van der Waals surface area (Å²) in [5.74, 6) is 0.317. The van der Waals surface area contributed by atoms with Gasteiger partial charge in [-0.05, 0) is 12.1 Å². The van der Waals surface area contributed by atoms with E-state index in [-0.39, 0.29) is 23.1 Å². The van der Waals surface area contributed by atoms with Crippen molar-refractivity contribution in [1.82, 2.24) is 9.55 Å². The first-order valence-electron chi connectivity index (χ1n) is 5.36. The van der Waals surface area contributed by atoms with Crippen LogP contribution in [-0.4, -0.2) is 14.5 Å². The predicted molar refractivity (Wildman–Crippen MR) is 65.8 cm³/mol. The zero-order chi connectivity index (χ0) is 14.7. The lowest BCUT2D eigenvalue weighted by Crippen LogP contribution is -1.97. The van der Waals surface area contributed by atoms with Crippen LogP contribution in [0.25, 0.3) is 0 Å². The van der Waals surface area contributed by atoms with E-state index in [4.69, 9.17) is 15.3 Å². The third kappa shape index (κ3) is 2.26. The van der Waals surface area contributed by atoms with E-state index < -0.39 is 4.92 Å². The molecule has 2 aromatic rings. The Labute approximate surface area is 113 Å². The summed E-state index contributed by atoms with van der Waals surface area (Å²) in [6, 6.07) is 9.10. The van der Waals surface area contributed by atoms with Gasteiger partial charge in [-0.2, -0.15) is 15.5 Å². The van der Waals surface area contributed by atoms with Gasteiger partial charge in [0.15, 0.2) is 11.4 Å². The van der Waals surface area contributed by atoms with Gasteiger partial charge in [0, 0.05) is 19.2 Å². The summed E-state index contributed by atoms with van der Waals surface area (Å²) >= 11 is 0. The van der Waals surface area contributed by atoms with Gasteiger partial charge in [-0.3, -0.25) is 14.7 Å². The van der Waals surface area contributed by atoms with Crippen molar-refractivity contribution >= 4 is 5.69 Å². The SMILES string of the molecule is Cn1c(Oc2ccc([N+](=O)[O-])cc2)nc(C#N)c1C#N. The minimum Gasteiger partial charge on any atom is -0.425 e. The lowest BCUT2D eigenvalue weighted by Gasteiger charge is -2.04. The molecule has 0 bridgehead atoms. The standard InChI is InChI=1S/C12H7N5O3/c1-16-11(7-14)10(6-13)15-12(16)20-9-4-2-8(3-5-9)17(18)19/h2-5H,1H3. The maximum absolute atomic E-state index is 10.5. The van der Waals surface area contributed by atoms with Crippen molar-refractivity contribution in [3.05, 3.63) is 45.8 Å². The summed E-state index contributed by atoms with van der Waals surface area (Å²) in [5, 5.41) is 28.3. The monoisotopic (exact) mass is 269 g/mol. The van der Waals surface area contributed by atoms with Crippen molar-refractivity contribution in [3.8, 4) is 23.9 Å². The normalized spacial score (nSPS) is 9.55. The second kappa shape index (κ2) is 5.08. The summed E-state index contributed by atoms with van der Waals surface area (Å²) in [5.41, 5.74) is -0.0102. The van der Waals surface area contributed by atoms with E-state index in [1.54, 1.807) is 6.07 Å². The first-order valence-corrected chi connectivity index (χ1v) is 5.36. The molecule has 0 aliphatic rings. The molecule has 8 nitrogen and oxygen atoms in total. The van der Waals surface area contributed by atoms with Gasteiger partial charge in [-0.25, -0.2) is 0 Å². The topological polar surface area (TPSA) is 118 Å². The third-order valence-corrected chi connectivity index (χ3v) is 2.52. The summed E-state index contributed by atoms with van der Waals surface area (Å²) in [6.45, 7) is 0. The number of rotatable bonds is 3. The van der Waals surface area contributed by atoms with E-state index in [0.717, 1.165) is 0 Å². The van der Waals surface area contributed by atoms with Crippen LogP contribution in [0.2, 0.25) is 0 Å². The number of non-ortho nitro benzene ring substituents is 1. The maximum atomic E-state index is 10.5. The lowest BCUT2D eigenvalue weighted by atomic mass is 10.3. The van der Waals surface area contributed by atoms with Crippen molar-refractivity contribution in [2.24, 2.45) is 7.05 Å². The molecule has 1 aromatic carbocycles. The Morgan fingerprint density at radius 3 is 2.40 bits per heavy atom. The lowest BCUT2D eigenvalue weighted by molar-refractivity contribution is -0.384. The van der Waals surface area contributed by atoms with Crippen LogP contribution in [0, 0.1) is 32.8 Å². The molecule has 0 saturated carbocycles. The largest absolute Gasteiger partial charge is 0.425 e. The zero-order valence-corrected chi connectivity index (χ0v) is 10.3. The molecule has 0 radical (unpaired) electrons. The number of aromatic nitrogens is 2. The van der Waals surface area contributed by atoms with Gasteiger partial charge in [-0.1, -0.05) is 0 Å². The van der Waals surface area contributed by atoms with Gasteiger partial charge >= 0.3 is 6.01 Å². The smallest absolute Gasteiger partial charge is 0.303 e. The number of benzene rings is 1. The van der Waals surface area contributed by atoms with Crippen molar-refractivity contribution < 1.29 is 9.66 Å². The Morgan fingerprint density at radius 1 is 1.30 bits per heavy atom. The van der Waals surface area contributed by atoms with Crippen LogP contribution < -0.4 is 4.74 Å². The molecular weight excluding hydrogens is 262 g/mol. The summed E-state index contributed by atoms with van der Waals surface area (Å²) < 4.78 is 6.73. The summed E-state index contributed by atoms with van der Waals surface area (Å²) in [6.07, 6.45) is 0. The molecule has 2 rings (SSSR count). The number of nitro groups is 1. The molecule has 0 N–H and O–H groups in total. The number of hydrogen-bond acceptors (Lipinski definition) is 6. The third-order valence-electron chi connectivity index (χ3n) is 2.52. The van der Waals surface area contributed by atoms with Crippen LogP contribution in [0.4, 0.5) is 5.69 Å². The molecule has 0 aliphatic heterocycles. The van der Waals surface area contributed by atoms with Crippen molar-refractivity contribution in [1.29, 1.82) is 10.5 Å². The van der Waals surface area contributed by atoms with E-state index in [1.165, 1.54) is 35.9 Å². The van der Waals surface area contributed by atoms with Crippen LogP contribution in [0.15, 0.2) is 24.3 Å². The molecule has 0 fully saturated rings. The molecule has 98 valence electrons. The Bertz CT molecular complexity index is 749. The number of ether oxygens (including phenoxy) is 1. The number of hydrogen-bond donors (Lipinski definition) is 0. The fourth-order valence-electron chi connectivity index (χ4n) is 1.52. The summed E-state index contributed by atoms with van der Waals surface area (Å²) in [7, 11) is 1.53. The van der Waals surface area contributed by atoms with Crippen LogP contribution in [0.5, 0.6) is 11.8 Å².